The molecule has 6 heteroatoms. The average Bonchev–Trinajstić information content (AvgIpc) is 3.18. The first-order valence-electron chi connectivity index (χ1n) is 9.71. The van der Waals surface area contributed by atoms with Gasteiger partial charge in [-0.1, -0.05) is 19.8 Å². The van der Waals surface area contributed by atoms with E-state index in [0.717, 1.165) is 28.7 Å². The first-order chi connectivity index (χ1) is 12.2. The highest BCUT2D eigenvalue weighted by Crippen LogP contribution is 2.51. The maximum absolute atomic E-state index is 13.1. The maximum atomic E-state index is 13.1. The van der Waals surface area contributed by atoms with Gasteiger partial charge in [0, 0.05) is 17.8 Å². The molecule has 5 rings (SSSR count). The van der Waals surface area contributed by atoms with Gasteiger partial charge >= 0.3 is 5.69 Å². The van der Waals surface area contributed by atoms with Gasteiger partial charge in [-0.05, 0) is 49.5 Å². The topological polar surface area (TPSA) is 80.8 Å². The summed E-state index contributed by atoms with van der Waals surface area (Å²) in [4.78, 5) is 16.4. The Labute approximate surface area is 147 Å². The summed E-state index contributed by atoms with van der Waals surface area (Å²) >= 11 is 0. The van der Waals surface area contributed by atoms with Crippen LogP contribution < -0.4 is 16.8 Å². The van der Waals surface area contributed by atoms with Gasteiger partial charge in [-0.3, -0.25) is 4.57 Å². The zero-order valence-corrected chi connectivity index (χ0v) is 14.8. The molecule has 0 radical (unpaired) electrons. The van der Waals surface area contributed by atoms with Crippen molar-refractivity contribution >= 4 is 5.82 Å². The van der Waals surface area contributed by atoms with Crippen LogP contribution in [0.2, 0.25) is 0 Å². The molecule has 4 atom stereocenters. The van der Waals surface area contributed by atoms with Gasteiger partial charge < -0.3 is 16.1 Å². The van der Waals surface area contributed by atoms with Crippen molar-refractivity contribution in [2.75, 3.05) is 11.2 Å². The Bertz CT molecular complexity index is 846. The smallest absolute Gasteiger partial charge is 0.347 e. The van der Waals surface area contributed by atoms with E-state index in [1.54, 1.807) is 0 Å². The number of nitrogens with one attached hydrogen (secondary N) is 2. The number of nitrogens with two attached hydrogens (primary N) is 1. The summed E-state index contributed by atoms with van der Waals surface area (Å²) < 4.78 is 3.45. The van der Waals surface area contributed by atoms with Crippen molar-refractivity contribution in [2.45, 2.75) is 58.0 Å². The van der Waals surface area contributed by atoms with Crippen LogP contribution in [0, 0.1) is 17.8 Å². The third kappa shape index (κ3) is 2.06. The quantitative estimate of drug-likeness (QED) is 0.734. The van der Waals surface area contributed by atoms with Gasteiger partial charge in [0.25, 0.3) is 0 Å². The molecule has 2 aliphatic carbocycles. The lowest BCUT2D eigenvalue weighted by atomic mass is 9.64. The van der Waals surface area contributed by atoms with Crippen molar-refractivity contribution in [1.29, 1.82) is 0 Å². The van der Waals surface area contributed by atoms with E-state index in [-0.39, 0.29) is 5.69 Å². The van der Waals surface area contributed by atoms with Crippen molar-refractivity contribution < 1.29 is 0 Å². The van der Waals surface area contributed by atoms with Crippen molar-refractivity contribution in [3.8, 4) is 11.3 Å². The predicted molar refractivity (Wildman–Crippen MR) is 98.8 cm³/mol. The molecule has 2 aromatic rings. The van der Waals surface area contributed by atoms with Crippen LogP contribution in [0.15, 0.2) is 17.1 Å². The van der Waals surface area contributed by atoms with Crippen LogP contribution in [0.3, 0.4) is 0 Å². The second-order valence-electron chi connectivity index (χ2n) is 8.13. The maximum Gasteiger partial charge on any atom is 0.347 e. The number of fused-ring (bicyclic) bond motifs is 5. The minimum absolute atomic E-state index is 0.0438. The van der Waals surface area contributed by atoms with Crippen LogP contribution in [0.4, 0.5) is 5.82 Å². The molecule has 25 heavy (non-hydrogen) atoms. The van der Waals surface area contributed by atoms with E-state index in [9.17, 15) is 4.79 Å². The first kappa shape index (κ1) is 15.2. The molecule has 2 saturated carbocycles. The van der Waals surface area contributed by atoms with Crippen LogP contribution in [0.25, 0.3) is 11.3 Å². The Morgan fingerprint density at radius 1 is 1.28 bits per heavy atom. The Kier molecular flexibility index (Phi) is 3.30. The number of H-pyrrole nitrogens is 1. The Morgan fingerprint density at radius 3 is 2.76 bits per heavy atom. The molecule has 0 amide bonds. The number of aromatic amines is 1. The summed E-state index contributed by atoms with van der Waals surface area (Å²) in [6, 6.07) is 2.37. The predicted octanol–water partition coefficient (Wildman–Crippen LogP) is 3.06. The van der Waals surface area contributed by atoms with Crippen molar-refractivity contribution in [3.05, 3.63) is 28.4 Å². The summed E-state index contributed by atoms with van der Waals surface area (Å²) in [7, 11) is 0. The Balaban J connectivity index is 1.68. The minimum atomic E-state index is -0.0438. The largest absolute Gasteiger partial charge is 0.365 e. The molecule has 2 fully saturated rings. The fourth-order valence-corrected chi connectivity index (χ4v) is 5.79. The molecule has 2 aromatic heterocycles. The van der Waals surface area contributed by atoms with Crippen LogP contribution >= 0.6 is 0 Å². The van der Waals surface area contributed by atoms with E-state index < -0.39 is 0 Å². The number of anilines is 1. The second-order valence-corrected chi connectivity index (χ2v) is 8.13. The molecule has 134 valence electrons. The molecule has 2 unspecified atom stereocenters. The normalized spacial score (nSPS) is 30.4. The minimum Gasteiger partial charge on any atom is -0.365 e. The van der Waals surface area contributed by atoms with E-state index in [4.69, 9.17) is 5.84 Å². The van der Waals surface area contributed by atoms with Crippen molar-refractivity contribution in [2.24, 2.45) is 17.8 Å². The lowest BCUT2D eigenvalue weighted by Gasteiger charge is -2.46. The number of nitrogen functional groups attached to an aromatic ring is 1. The molecule has 2 bridgehead atoms. The number of rotatable bonds is 2. The fourth-order valence-electron chi connectivity index (χ4n) is 5.79. The number of imidazole rings is 1. The van der Waals surface area contributed by atoms with Gasteiger partial charge in [-0.15, -0.1) is 0 Å². The molecular formula is C19H27N5O. The summed E-state index contributed by atoms with van der Waals surface area (Å²) in [5, 5.41) is 3.34. The van der Waals surface area contributed by atoms with Crippen LogP contribution in [0.1, 0.15) is 57.2 Å². The van der Waals surface area contributed by atoms with E-state index >= 15 is 0 Å². The lowest BCUT2D eigenvalue weighted by molar-refractivity contribution is 0.0603. The number of hydrogen-bond acceptors (Lipinski definition) is 3. The Hall–Kier alpha value is -2.11. The molecular weight excluding hydrogens is 314 g/mol. The Morgan fingerprint density at radius 2 is 2.04 bits per heavy atom. The summed E-state index contributed by atoms with van der Waals surface area (Å²) in [6.07, 6.45) is 9.50. The summed E-state index contributed by atoms with van der Waals surface area (Å²) in [6.45, 7) is 2.91. The summed E-state index contributed by atoms with van der Waals surface area (Å²) in [5.41, 5.74) is 2.99. The molecule has 0 aromatic carbocycles. The molecule has 0 spiro atoms. The van der Waals surface area contributed by atoms with Crippen LogP contribution in [0.5, 0.6) is 0 Å². The summed E-state index contributed by atoms with van der Waals surface area (Å²) in [5.74, 6) is 9.24. The highest BCUT2D eigenvalue weighted by Gasteiger charge is 2.43. The van der Waals surface area contributed by atoms with Gasteiger partial charge in [0.1, 0.15) is 5.82 Å². The zero-order chi connectivity index (χ0) is 17.1. The number of nitrogens with zero attached hydrogens (tertiary/aromatic N) is 2. The highest BCUT2D eigenvalue weighted by molar-refractivity contribution is 5.78. The van der Waals surface area contributed by atoms with Crippen LogP contribution in [-0.4, -0.2) is 14.2 Å². The number of aromatic nitrogens is 3. The monoisotopic (exact) mass is 341 g/mol. The average molecular weight is 341 g/mol. The molecule has 3 heterocycles. The first-order valence-corrected chi connectivity index (χ1v) is 9.71. The van der Waals surface area contributed by atoms with Gasteiger partial charge in [0.2, 0.25) is 0 Å². The molecule has 1 aliphatic heterocycles. The molecule has 0 saturated heterocycles. The third-order valence-corrected chi connectivity index (χ3v) is 6.92. The third-order valence-electron chi connectivity index (χ3n) is 6.92. The zero-order valence-electron chi connectivity index (χ0n) is 14.8. The van der Waals surface area contributed by atoms with E-state index in [2.05, 4.69) is 27.9 Å². The van der Waals surface area contributed by atoms with E-state index in [1.807, 2.05) is 6.20 Å². The van der Waals surface area contributed by atoms with Crippen LogP contribution in [-0.2, 0) is 6.54 Å². The molecule has 4 N–H and O–H groups in total. The van der Waals surface area contributed by atoms with E-state index in [1.165, 1.54) is 43.2 Å². The highest BCUT2D eigenvalue weighted by atomic mass is 16.2. The van der Waals surface area contributed by atoms with Gasteiger partial charge in [-0.25, -0.2) is 9.47 Å². The fraction of sp³-hybridized carbons (Fsp3) is 0.632. The van der Waals surface area contributed by atoms with Gasteiger partial charge in [0.15, 0.2) is 0 Å². The van der Waals surface area contributed by atoms with Crippen molar-refractivity contribution in [1.82, 2.24) is 14.2 Å². The van der Waals surface area contributed by atoms with E-state index in [0.29, 0.717) is 24.4 Å². The SMILES string of the molecule is CCC1C[C@H]2CCC[C@@H](C1)C2n1c2c(n(N)c1=O)CNc1[nH]ccc1-2. The van der Waals surface area contributed by atoms with Crippen molar-refractivity contribution in [3.63, 3.8) is 0 Å². The standard InChI is InChI=1S/C19H27N5O/c1-2-11-8-12-4-3-5-13(9-11)16(12)23-17-14-6-7-21-18(14)22-10-15(17)24(20)19(23)25/h6-7,11-13,16,21-22H,2-5,8-10,20H2,1H3/t11?,12-,13+,16?. The molecule has 3 aliphatic rings. The second kappa shape index (κ2) is 5.44. The number of hydrogen-bond donors (Lipinski definition) is 3. The lowest BCUT2D eigenvalue weighted by Crippen LogP contribution is -2.43. The van der Waals surface area contributed by atoms with Gasteiger partial charge in [-0.2, -0.15) is 0 Å². The van der Waals surface area contributed by atoms with Gasteiger partial charge in [0.05, 0.1) is 17.9 Å². The molecule has 6 nitrogen and oxygen atoms in total.